The minimum Gasteiger partial charge on any atom is -0.377 e. The minimum absolute atomic E-state index is 0.0178. The normalized spacial score (nSPS) is 12.0. The molecular formula is C20H37FN2O8. The molecule has 0 aromatic rings. The van der Waals surface area contributed by atoms with Crippen molar-refractivity contribution in [3.8, 4) is 0 Å². The number of Topliss-reactive ketones (excluding diaryl/α,β-unsaturated/α-hetero) is 1. The van der Waals surface area contributed by atoms with Crippen LogP contribution in [0.25, 0.3) is 0 Å². The quantitative estimate of drug-likeness (QED) is 0.231. The van der Waals surface area contributed by atoms with Crippen molar-refractivity contribution in [3.63, 3.8) is 0 Å². The van der Waals surface area contributed by atoms with Crippen LogP contribution in [0.1, 0.15) is 20.8 Å². The van der Waals surface area contributed by atoms with Crippen LogP contribution in [-0.2, 0) is 38.1 Å². The zero-order valence-corrected chi connectivity index (χ0v) is 18.8. The minimum atomic E-state index is -1.79. The highest BCUT2D eigenvalue weighted by Crippen LogP contribution is 1.93. The molecule has 10 nitrogen and oxygen atoms in total. The first-order valence-electron chi connectivity index (χ1n) is 10.4. The molecule has 1 unspecified atom stereocenters. The predicted octanol–water partition coefficient (Wildman–Crippen LogP) is -0.115. The van der Waals surface area contributed by atoms with Gasteiger partial charge in [-0.25, -0.2) is 4.39 Å². The largest absolute Gasteiger partial charge is 0.377 e. The Balaban J connectivity index is 3.31. The summed E-state index contributed by atoms with van der Waals surface area (Å²) in [6, 6.07) is 0. The smallest absolute Gasteiger partial charge is 0.256 e. The van der Waals surface area contributed by atoms with E-state index in [4.69, 9.17) is 23.7 Å². The van der Waals surface area contributed by atoms with E-state index < -0.39 is 12.1 Å². The third-order valence-corrected chi connectivity index (χ3v) is 3.60. The molecule has 0 heterocycles. The maximum Gasteiger partial charge on any atom is 0.256 e. The molecule has 0 fully saturated rings. The Morgan fingerprint density at radius 3 is 1.61 bits per heavy atom. The monoisotopic (exact) mass is 452 g/mol. The van der Waals surface area contributed by atoms with Gasteiger partial charge in [-0.2, -0.15) is 0 Å². The van der Waals surface area contributed by atoms with Gasteiger partial charge in [0.05, 0.1) is 66.0 Å². The summed E-state index contributed by atoms with van der Waals surface area (Å²) in [5.41, 5.74) is 0. The molecule has 0 rings (SSSR count). The summed E-state index contributed by atoms with van der Waals surface area (Å²) >= 11 is 0. The Morgan fingerprint density at radius 1 is 0.710 bits per heavy atom. The summed E-state index contributed by atoms with van der Waals surface area (Å²) in [4.78, 5) is 33.5. The Labute approximate surface area is 183 Å². The molecule has 0 spiro atoms. The predicted molar refractivity (Wildman–Crippen MR) is 111 cm³/mol. The summed E-state index contributed by atoms with van der Waals surface area (Å²) in [7, 11) is 0. The third-order valence-electron chi connectivity index (χ3n) is 3.60. The number of alkyl halides is 1. The van der Waals surface area contributed by atoms with E-state index in [2.05, 4.69) is 10.6 Å². The first-order chi connectivity index (χ1) is 14.8. The molecule has 0 aliphatic rings. The van der Waals surface area contributed by atoms with Crippen molar-refractivity contribution in [3.05, 3.63) is 0 Å². The second kappa shape index (κ2) is 20.3. The lowest BCUT2D eigenvalue weighted by atomic mass is 10.2. The molecule has 31 heavy (non-hydrogen) atoms. The van der Waals surface area contributed by atoms with E-state index >= 15 is 0 Å². The van der Waals surface area contributed by atoms with Crippen molar-refractivity contribution in [1.29, 1.82) is 0 Å². The number of hydrogen-bond acceptors (Lipinski definition) is 8. The molecule has 1 atom stereocenters. The molecule has 182 valence electrons. The number of ether oxygens (including phenoxy) is 5. The van der Waals surface area contributed by atoms with Crippen molar-refractivity contribution >= 4 is 17.6 Å². The second-order valence-corrected chi connectivity index (χ2v) is 6.86. The summed E-state index contributed by atoms with van der Waals surface area (Å²) in [6.07, 6.45) is -1.79. The highest BCUT2D eigenvalue weighted by atomic mass is 19.1. The molecule has 0 aliphatic heterocycles. The van der Waals surface area contributed by atoms with Gasteiger partial charge in [-0.15, -0.1) is 0 Å². The van der Waals surface area contributed by atoms with E-state index in [-0.39, 0.29) is 43.9 Å². The van der Waals surface area contributed by atoms with Gasteiger partial charge in [-0.05, 0) is 6.92 Å². The van der Waals surface area contributed by atoms with Crippen molar-refractivity contribution in [1.82, 2.24) is 10.6 Å². The van der Waals surface area contributed by atoms with Crippen LogP contribution >= 0.6 is 0 Å². The first-order valence-corrected chi connectivity index (χ1v) is 10.4. The molecule has 2 amide bonds. The summed E-state index contributed by atoms with van der Waals surface area (Å²) < 4.78 is 39.9. The summed E-state index contributed by atoms with van der Waals surface area (Å²) in [6.45, 7) is 8.17. The van der Waals surface area contributed by atoms with Crippen molar-refractivity contribution < 1.29 is 42.5 Å². The molecule has 0 aliphatic carbocycles. The van der Waals surface area contributed by atoms with E-state index in [0.717, 1.165) is 0 Å². The molecule has 0 aromatic carbocycles. The van der Waals surface area contributed by atoms with E-state index in [1.54, 1.807) is 13.8 Å². The van der Waals surface area contributed by atoms with Gasteiger partial charge in [0.1, 0.15) is 6.61 Å². The van der Waals surface area contributed by atoms with Crippen molar-refractivity contribution in [2.24, 2.45) is 5.92 Å². The van der Waals surface area contributed by atoms with Crippen LogP contribution in [-0.4, -0.2) is 103 Å². The van der Waals surface area contributed by atoms with Gasteiger partial charge in [-0.1, -0.05) is 13.8 Å². The summed E-state index contributed by atoms with van der Waals surface area (Å²) in [5, 5.41) is 4.77. The van der Waals surface area contributed by atoms with Crippen LogP contribution < -0.4 is 10.6 Å². The van der Waals surface area contributed by atoms with Gasteiger partial charge >= 0.3 is 0 Å². The number of halogens is 1. The van der Waals surface area contributed by atoms with Crippen LogP contribution in [0.15, 0.2) is 0 Å². The van der Waals surface area contributed by atoms with Crippen molar-refractivity contribution in [2.75, 3.05) is 79.2 Å². The van der Waals surface area contributed by atoms with Crippen LogP contribution in [0.2, 0.25) is 0 Å². The Kier molecular flexibility index (Phi) is 19.2. The number of nitrogens with one attached hydrogen (secondary N) is 2. The van der Waals surface area contributed by atoms with Gasteiger partial charge in [0.15, 0.2) is 12.0 Å². The Morgan fingerprint density at radius 2 is 1.16 bits per heavy atom. The fourth-order valence-electron chi connectivity index (χ4n) is 1.94. The van der Waals surface area contributed by atoms with E-state index in [0.29, 0.717) is 52.9 Å². The average Bonchev–Trinajstić information content (AvgIpc) is 2.73. The molecule has 0 saturated carbocycles. The lowest BCUT2D eigenvalue weighted by Gasteiger charge is -2.12. The third kappa shape index (κ3) is 20.0. The van der Waals surface area contributed by atoms with Gasteiger partial charge < -0.3 is 34.3 Å². The van der Waals surface area contributed by atoms with E-state index in [9.17, 15) is 18.8 Å². The fraction of sp³-hybridized carbons (Fsp3) is 0.850. The van der Waals surface area contributed by atoms with Gasteiger partial charge in [0, 0.05) is 12.5 Å². The highest BCUT2D eigenvalue weighted by molar-refractivity contribution is 5.82. The number of amides is 2. The highest BCUT2D eigenvalue weighted by Gasteiger charge is 2.18. The average molecular weight is 453 g/mol. The zero-order valence-electron chi connectivity index (χ0n) is 18.8. The molecule has 11 heteroatoms. The lowest BCUT2D eigenvalue weighted by Crippen LogP contribution is -2.42. The maximum absolute atomic E-state index is 13.6. The van der Waals surface area contributed by atoms with E-state index in [1.165, 1.54) is 6.92 Å². The van der Waals surface area contributed by atoms with Crippen LogP contribution in [0.4, 0.5) is 4.39 Å². The zero-order chi connectivity index (χ0) is 23.3. The molecule has 2 N–H and O–H groups in total. The molecule has 0 bridgehead atoms. The second-order valence-electron chi connectivity index (χ2n) is 6.86. The fourth-order valence-corrected chi connectivity index (χ4v) is 1.94. The van der Waals surface area contributed by atoms with E-state index in [1.807, 2.05) is 0 Å². The maximum atomic E-state index is 13.6. The molecule has 0 aromatic heterocycles. The number of hydrogen-bond donors (Lipinski definition) is 2. The lowest BCUT2D eigenvalue weighted by molar-refractivity contribution is -0.127. The standard InChI is InChI=1S/C20H37FN2O8/c1-16(2)19(25)23-14-18(21)20(26)22-4-5-27-6-7-28-8-9-29-10-11-30-12-13-31-15-17(3)24/h16,18H,4-15H2,1-3H3,(H,22,26)(H,23,25). The summed E-state index contributed by atoms with van der Waals surface area (Å²) in [5.74, 6) is -1.36. The number of rotatable bonds is 21. The number of carbonyl (C=O) groups is 3. The van der Waals surface area contributed by atoms with Crippen LogP contribution in [0, 0.1) is 5.92 Å². The Bertz CT molecular complexity index is 494. The SMILES string of the molecule is CC(=O)COCCOCCOCCOCCOCCNC(=O)C(F)CNC(=O)C(C)C. The number of ketones is 1. The van der Waals surface area contributed by atoms with Gasteiger partial charge in [0.25, 0.3) is 5.91 Å². The topological polar surface area (TPSA) is 121 Å². The van der Waals surface area contributed by atoms with Gasteiger partial charge in [-0.3, -0.25) is 14.4 Å². The van der Waals surface area contributed by atoms with Crippen LogP contribution in [0.3, 0.4) is 0 Å². The Hall–Kier alpha value is -1.66. The van der Waals surface area contributed by atoms with Crippen molar-refractivity contribution in [2.45, 2.75) is 26.9 Å². The van der Waals surface area contributed by atoms with Crippen LogP contribution in [0.5, 0.6) is 0 Å². The molecule has 0 saturated heterocycles. The number of carbonyl (C=O) groups excluding carboxylic acids is 3. The van der Waals surface area contributed by atoms with Gasteiger partial charge in [0.2, 0.25) is 5.91 Å². The first kappa shape index (κ1) is 29.3. The molecular weight excluding hydrogens is 415 g/mol. The molecule has 0 radical (unpaired) electrons.